The van der Waals surface area contributed by atoms with Gasteiger partial charge in [0.1, 0.15) is 0 Å². The van der Waals surface area contributed by atoms with E-state index >= 15 is 0 Å². The third-order valence-corrected chi connectivity index (χ3v) is 3.90. The topological polar surface area (TPSA) is 134 Å². The maximum atomic E-state index is 12.5. The van der Waals surface area contributed by atoms with E-state index in [-0.39, 0.29) is 17.7 Å². The van der Waals surface area contributed by atoms with Crippen LogP contribution in [0.2, 0.25) is 0 Å². The van der Waals surface area contributed by atoms with Crippen LogP contribution in [0.1, 0.15) is 17.8 Å². The molecule has 0 fully saturated rings. The van der Waals surface area contributed by atoms with Crippen molar-refractivity contribution in [2.75, 3.05) is 13.1 Å². The van der Waals surface area contributed by atoms with Gasteiger partial charge in [-0.3, -0.25) is 18.9 Å². The van der Waals surface area contributed by atoms with E-state index in [0.717, 1.165) is 23.1 Å². The van der Waals surface area contributed by atoms with Crippen LogP contribution in [-0.2, 0) is 20.1 Å². The van der Waals surface area contributed by atoms with Gasteiger partial charge in [0.25, 0.3) is 5.56 Å². The Bertz CT molecular complexity index is 1010. The zero-order valence-electron chi connectivity index (χ0n) is 14.4. The third kappa shape index (κ3) is 3.65. The highest BCUT2D eigenvalue weighted by atomic mass is 16.2. The molecule has 0 radical (unpaired) electrons. The lowest BCUT2D eigenvalue weighted by Gasteiger charge is -2.11. The Morgan fingerprint density at radius 1 is 1.27 bits per heavy atom. The maximum absolute atomic E-state index is 12.5. The number of pyridine rings is 1. The lowest BCUT2D eigenvalue weighted by molar-refractivity contribution is 0.619. The zero-order chi connectivity index (χ0) is 18.5. The van der Waals surface area contributed by atoms with E-state index in [4.69, 9.17) is 5.73 Å². The first kappa shape index (κ1) is 17.8. The second-order valence-corrected chi connectivity index (χ2v) is 5.81. The van der Waals surface area contributed by atoms with Gasteiger partial charge in [-0.1, -0.05) is 6.07 Å². The number of hydrogen-bond donors (Lipinski definition) is 2. The van der Waals surface area contributed by atoms with Crippen molar-refractivity contribution in [3.8, 4) is 0 Å². The lowest BCUT2D eigenvalue weighted by atomic mass is 10.3. The predicted octanol–water partition coefficient (Wildman–Crippen LogP) is -1.23. The molecule has 136 valence electrons. The number of hydrogen-bond acceptors (Lipinski definition) is 8. The Morgan fingerprint density at radius 3 is 2.85 bits per heavy atom. The summed E-state index contributed by atoms with van der Waals surface area (Å²) in [5.41, 5.74) is 5.56. The van der Waals surface area contributed by atoms with Crippen LogP contribution in [0.25, 0.3) is 11.2 Å². The fourth-order valence-corrected chi connectivity index (χ4v) is 2.52. The maximum Gasteiger partial charge on any atom is 0.332 e. The van der Waals surface area contributed by atoms with Crippen LogP contribution in [-0.4, -0.2) is 42.4 Å². The van der Waals surface area contributed by atoms with Crippen molar-refractivity contribution in [3.05, 3.63) is 56.8 Å². The predicted molar refractivity (Wildman–Crippen MR) is 95.6 cm³/mol. The van der Waals surface area contributed by atoms with Crippen LogP contribution < -0.4 is 22.3 Å². The van der Waals surface area contributed by atoms with Gasteiger partial charge >= 0.3 is 5.69 Å². The average molecular weight is 356 g/mol. The molecule has 10 nitrogen and oxygen atoms in total. The number of rotatable bonds is 7. The van der Waals surface area contributed by atoms with Gasteiger partial charge in [-0.25, -0.2) is 9.78 Å². The molecule has 3 heterocycles. The standard InChI is InChI=1S/C16H20N8O2/c1-23-15(25)13-14(22-21-12(20-13)9-19-7-3-5-17)24(16(23)26)10-11-4-2-6-18-8-11/h2,4,6,8,19H,3,5,7,9-10,17H2,1H3. The molecule has 3 N–H and O–H groups in total. The summed E-state index contributed by atoms with van der Waals surface area (Å²) >= 11 is 0. The number of fused-ring (bicyclic) bond motifs is 1. The summed E-state index contributed by atoms with van der Waals surface area (Å²) in [6, 6.07) is 3.62. The van der Waals surface area contributed by atoms with Gasteiger partial charge in [0.2, 0.25) is 0 Å². The van der Waals surface area contributed by atoms with Crippen molar-refractivity contribution in [1.82, 2.24) is 34.6 Å². The van der Waals surface area contributed by atoms with Crippen molar-refractivity contribution < 1.29 is 0 Å². The molecule has 0 saturated heterocycles. The number of nitrogens with two attached hydrogens (primary N) is 1. The molecule has 10 heteroatoms. The van der Waals surface area contributed by atoms with E-state index in [9.17, 15) is 9.59 Å². The summed E-state index contributed by atoms with van der Waals surface area (Å²) in [6.45, 7) is 1.90. The highest BCUT2D eigenvalue weighted by Gasteiger charge is 2.15. The molecule has 0 aliphatic heterocycles. The summed E-state index contributed by atoms with van der Waals surface area (Å²) < 4.78 is 2.40. The van der Waals surface area contributed by atoms with Crippen LogP contribution in [0.5, 0.6) is 0 Å². The molecule has 3 aromatic rings. The van der Waals surface area contributed by atoms with Gasteiger partial charge in [-0.15, -0.1) is 10.2 Å². The normalized spacial score (nSPS) is 11.2. The van der Waals surface area contributed by atoms with Gasteiger partial charge in [0.15, 0.2) is 17.0 Å². The summed E-state index contributed by atoms with van der Waals surface area (Å²) in [7, 11) is 1.42. The van der Waals surface area contributed by atoms with Crippen molar-refractivity contribution >= 4 is 11.2 Å². The van der Waals surface area contributed by atoms with Crippen LogP contribution in [0, 0.1) is 0 Å². The Morgan fingerprint density at radius 2 is 2.12 bits per heavy atom. The summed E-state index contributed by atoms with van der Waals surface area (Å²) in [6.07, 6.45) is 4.13. The van der Waals surface area contributed by atoms with E-state index in [1.54, 1.807) is 18.5 Å². The number of nitrogens with one attached hydrogen (secondary N) is 1. The number of nitrogens with zero attached hydrogens (tertiary/aromatic N) is 6. The highest BCUT2D eigenvalue weighted by Crippen LogP contribution is 2.05. The van der Waals surface area contributed by atoms with E-state index < -0.39 is 11.2 Å². The van der Waals surface area contributed by atoms with E-state index in [0.29, 0.717) is 18.9 Å². The summed E-state index contributed by atoms with van der Waals surface area (Å²) in [5.74, 6) is 0.387. The van der Waals surface area contributed by atoms with Crippen LogP contribution in [0.4, 0.5) is 0 Å². The van der Waals surface area contributed by atoms with E-state index in [1.807, 2.05) is 6.07 Å². The minimum atomic E-state index is -0.495. The second-order valence-electron chi connectivity index (χ2n) is 5.81. The largest absolute Gasteiger partial charge is 0.332 e. The fourth-order valence-electron chi connectivity index (χ4n) is 2.52. The van der Waals surface area contributed by atoms with Crippen LogP contribution in [0.3, 0.4) is 0 Å². The molecule has 0 aromatic carbocycles. The summed E-state index contributed by atoms with van der Waals surface area (Å²) in [4.78, 5) is 33.3. The SMILES string of the molecule is Cn1c(=O)c2nc(CNCCCN)nnc2n(Cc2cccnc2)c1=O. The number of aromatic nitrogens is 6. The first-order chi connectivity index (χ1) is 12.6. The quantitative estimate of drug-likeness (QED) is 0.503. The van der Waals surface area contributed by atoms with Gasteiger partial charge in [0, 0.05) is 19.4 Å². The van der Waals surface area contributed by atoms with Crippen molar-refractivity contribution in [2.45, 2.75) is 19.5 Å². The zero-order valence-corrected chi connectivity index (χ0v) is 14.4. The molecule has 0 aliphatic rings. The fraction of sp³-hybridized carbons (Fsp3) is 0.375. The molecule has 0 spiro atoms. The third-order valence-electron chi connectivity index (χ3n) is 3.90. The minimum absolute atomic E-state index is 0.113. The molecule has 0 atom stereocenters. The van der Waals surface area contributed by atoms with Gasteiger partial charge in [-0.05, 0) is 31.1 Å². The van der Waals surface area contributed by atoms with Crippen molar-refractivity contribution in [3.63, 3.8) is 0 Å². The van der Waals surface area contributed by atoms with Crippen LogP contribution in [0.15, 0.2) is 34.1 Å². The Labute approximate surface area is 148 Å². The summed E-state index contributed by atoms with van der Waals surface area (Å²) in [5, 5.41) is 11.3. The molecule has 0 saturated carbocycles. The molecule has 26 heavy (non-hydrogen) atoms. The molecule has 0 bridgehead atoms. The van der Waals surface area contributed by atoms with E-state index in [2.05, 4.69) is 25.5 Å². The monoisotopic (exact) mass is 356 g/mol. The molecule has 0 aliphatic carbocycles. The minimum Gasteiger partial charge on any atom is -0.330 e. The van der Waals surface area contributed by atoms with Crippen LogP contribution >= 0.6 is 0 Å². The van der Waals surface area contributed by atoms with Crippen molar-refractivity contribution in [2.24, 2.45) is 12.8 Å². The van der Waals surface area contributed by atoms with Gasteiger partial charge in [-0.2, -0.15) is 0 Å². The van der Waals surface area contributed by atoms with Gasteiger partial charge in [0.05, 0.1) is 13.1 Å². The lowest BCUT2D eigenvalue weighted by Crippen LogP contribution is -2.39. The smallest absolute Gasteiger partial charge is 0.330 e. The molecule has 3 rings (SSSR count). The van der Waals surface area contributed by atoms with Gasteiger partial charge < -0.3 is 11.1 Å². The molecular formula is C16H20N8O2. The highest BCUT2D eigenvalue weighted by molar-refractivity contribution is 5.68. The second kappa shape index (κ2) is 7.93. The van der Waals surface area contributed by atoms with E-state index in [1.165, 1.54) is 11.6 Å². The molecule has 3 aromatic heterocycles. The molecular weight excluding hydrogens is 336 g/mol. The first-order valence-electron chi connectivity index (χ1n) is 8.24. The van der Waals surface area contributed by atoms with Crippen molar-refractivity contribution in [1.29, 1.82) is 0 Å². The molecule has 0 unspecified atom stereocenters. The Balaban J connectivity index is 2.02. The first-order valence-corrected chi connectivity index (χ1v) is 8.24. The Hall–Kier alpha value is -2.98. The average Bonchev–Trinajstić information content (AvgIpc) is 2.68. The molecule has 0 amide bonds. The Kier molecular flexibility index (Phi) is 5.44.